The van der Waals surface area contributed by atoms with Crippen molar-refractivity contribution < 1.29 is 5.11 Å². The van der Waals surface area contributed by atoms with Crippen molar-refractivity contribution in [3.8, 4) is 0 Å². The quantitative estimate of drug-likeness (QED) is 0.748. The third kappa shape index (κ3) is 2.83. The molecular formula is C19H26O. The predicted octanol–water partition coefficient (Wildman–Crippen LogP) is 4.43. The van der Waals surface area contributed by atoms with E-state index in [4.69, 9.17) is 0 Å². The maximum atomic E-state index is 11.2. The van der Waals surface area contributed by atoms with Crippen LogP contribution in [0.4, 0.5) is 0 Å². The van der Waals surface area contributed by atoms with Crippen molar-refractivity contribution in [1.29, 1.82) is 0 Å². The molecular weight excluding hydrogens is 244 g/mol. The Morgan fingerprint density at radius 2 is 1.75 bits per heavy atom. The van der Waals surface area contributed by atoms with Crippen LogP contribution >= 0.6 is 0 Å². The zero-order chi connectivity index (χ0) is 14.0. The Morgan fingerprint density at radius 1 is 1.05 bits per heavy atom. The van der Waals surface area contributed by atoms with Crippen LogP contribution in [0.25, 0.3) is 0 Å². The number of aryl methyl sites for hydroxylation is 1. The summed E-state index contributed by atoms with van der Waals surface area (Å²) in [6.07, 6.45) is 9.96. The predicted molar refractivity (Wildman–Crippen MR) is 83.7 cm³/mol. The summed E-state index contributed by atoms with van der Waals surface area (Å²) in [4.78, 5) is 0. The van der Waals surface area contributed by atoms with Gasteiger partial charge >= 0.3 is 0 Å². The fourth-order valence-corrected chi connectivity index (χ4v) is 4.17. The summed E-state index contributed by atoms with van der Waals surface area (Å²) in [5.74, 6) is 0.485. The van der Waals surface area contributed by atoms with E-state index in [0.717, 1.165) is 25.7 Å². The largest absolute Gasteiger partial charge is 0.389 e. The zero-order valence-electron chi connectivity index (χ0n) is 12.4. The fourth-order valence-electron chi connectivity index (χ4n) is 4.17. The van der Waals surface area contributed by atoms with Gasteiger partial charge in [0.05, 0.1) is 5.60 Å². The van der Waals surface area contributed by atoms with Gasteiger partial charge in [0.2, 0.25) is 0 Å². The van der Waals surface area contributed by atoms with Gasteiger partial charge < -0.3 is 5.11 Å². The molecule has 0 radical (unpaired) electrons. The minimum absolute atomic E-state index is 0.485. The molecule has 0 spiro atoms. The van der Waals surface area contributed by atoms with Crippen molar-refractivity contribution in [1.82, 2.24) is 0 Å². The van der Waals surface area contributed by atoms with Crippen molar-refractivity contribution in [3.63, 3.8) is 0 Å². The number of hydrogen-bond donors (Lipinski definition) is 1. The van der Waals surface area contributed by atoms with Gasteiger partial charge in [-0.05, 0) is 55.6 Å². The van der Waals surface area contributed by atoms with Gasteiger partial charge in [-0.15, -0.1) is 0 Å². The fraction of sp³-hybridized carbons (Fsp3) is 0.579. The Labute approximate surface area is 122 Å². The maximum absolute atomic E-state index is 11.2. The van der Waals surface area contributed by atoms with Crippen LogP contribution in [0.3, 0.4) is 0 Å². The second-order valence-electron chi connectivity index (χ2n) is 6.81. The molecule has 0 aromatic heterocycles. The van der Waals surface area contributed by atoms with E-state index in [1.165, 1.54) is 48.8 Å². The van der Waals surface area contributed by atoms with Crippen molar-refractivity contribution in [2.75, 3.05) is 0 Å². The first-order valence-electron chi connectivity index (χ1n) is 8.13. The molecule has 0 aliphatic heterocycles. The normalized spacial score (nSPS) is 28.6. The van der Waals surface area contributed by atoms with Gasteiger partial charge in [0.1, 0.15) is 0 Å². The Balaban J connectivity index is 1.83. The van der Waals surface area contributed by atoms with E-state index in [1.807, 2.05) is 0 Å². The van der Waals surface area contributed by atoms with E-state index in [9.17, 15) is 5.11 Å². The van der Waals surface area contributed by atoms with Crippen LogP contribution in [0.1, 0.15) is 56.1 Å². The summed E-state index contributed by atoms with van der Waals surface area (Å²) in [5.41, 5.74) is 3.50. The highest BCUT2D eigenvalue weighted by atomic mass is 16.3. The summed E-state index contributed by atoms with van der Waals surface area (Å²) in [7, 11) is 0. The lowest BCUT2D eigenvalue weighted by Gasteiger charge is -2.40. The number of rotatable bonds is 1. The highest BCUT2D eigenvalue weighted by molar-refractivity contribution is 5.32. The van der Waals surface area contributed by atoms with Crippen LogP contribution < -0.4 is 0 Å². The zero-order valence-corrected chi connectivity index (χ0v) is 12.4. The maximum Gasteiger partial charge on any atom is 0.0715 e. The molecule has 0 saturated heterocycles. The van der Waals surface area contributed by atoms with Crippen molar-refractivity contribution in [3.05, 3.63) is 47.5 Å². The molecule has 2 aliphatic carbocycles. The highest BCUT2D eigenvalue weighted by Crippen LogP contribution is 2.41. The van der Waals surface area contributed by atoms with Crippen LogP contribution in [0.5, 0.6) is 0 Å². The molecule has 1 saturated carbocycles. The lowest BCUT2D eigenvalue weighted by Crippen LogP contribution is -2.41. The third-order valence-corrected chi connectivity index (χ3v) is 5.31. The number of aliphatic hydroxyl groups is 1. The van der Waals surface area contributed by atoms with Gasteiger partial charge in [-0.1, -0.05) is 55.7 Å². The molecule has 1 unspecified atom stereocenters. The van der Waals surface area contributed by atoms with E-state index in [0.29, 0.717) is 5.92 Å². The van der Waals surface area contributed by atoms with Crippen molar-refractivity contribution in [2.45, 2.75) is 63.4 Å². The first-order chi connectivity index (χ1) is 9.67. The lowest BCUT2D eigenvalue weighted by molar-refractivity contribution is -0.0404. The molecule has 1 nitrogen and oxygen atoms in total. The topological polar surface area (TPSA) is 20.2 Å². The smallest absolute Gasteiger partial charge is 0.0715 e. The molecule has 3 rings (SSSR count). The molecule has 1 fully saturated rings. The SMILES string of the molecule is C=C1Cc2ccccc2CCC(O)(C2CCCCC2)C1. The standard InChI is InChI=1S/C19H26O/c1-15-13-17-8-6-5-7-16(17)11-12-19(20,14-15)18-9-3-2-4-10-18/h5-8,18,20H,1-4,9-14H2. The molecule has 20 heavy (non-hydrogen) atoms. The number of benzene rings is 1. The Kier molecular flexibility index (Phi) is 3.98. The van der Waals surface area contributed by atoms with Crippen LogP contribution in [0.15, 0.2) is 36.4 Å². The first kappa shape index (κ1) is 13.9. The van der Waals surface area contributed by atoms with Gasteiger partial charge in [-0.2, -0.15) is 0 Å². The van der Waals surface area contributed by atoms with Crippen LogP contribution in [-0.2, 0) is 12.8 Å². The van der Waals surface area contributed by atoms with Gasteiger partial charge in [0, 0.05) is 0 Å². The van der Waals surface area contributed by atoms with E-state index < -0.39 is 5.60 Å². The average molecular weight is 270 g/mol. The Hall–Kier alpha value is -1.08. The molecule has 0 bridgehead atoms. The van der Waals surface area contributed by atoms with Crippen LogP contribution in [-0.4, -0.2) is 10.7 Å². The molecule has 1 heteroatoms. The van der Waals surface area contributed by atoms with E-state index in [2.05, 4.69) is 30.8 Å². The number of hydrogen-bond acceptors (Lipinski definition) is 1. The monoisotopic (exact) mass is 270 g/mol. The second kappa shape index (κ2) is 5.73. The van der Waals surface area contributed by atoms with Crippen LogP contribution in [0.2, 0.25) is 0 Å². The molecule has 2 aliphatic rings. The molecule has 1 N–H and O–H groups in total. The van der Waals surface area contributed by atoms with E-state index in [-0.39, 0.29) is 0 Å². The molecule has 1 aromatic rings. The van der Waals surface area contributed by atoms with Gasteiger partial charge in [-0.25, -0.2) is 0 Å². The minimum atomic E-state index is -0.509. The van der Waals surface area contributed by atoms with Crippen LogP contribution in [0, 0.1) is 5.92 Å². The summed E-state index contributed by atoms with van der Waals surface area (Å²) in [6, 6.07) is 8.66. The van der Waals surface area contributed by atoms with E-state index >= 15 is 0 Å². The summed E-state index contributed by atoms with van der Waals surface area (Å²) >= 11 is 0. The highest BCUT2D eigenvalue weighted by Gasteiger charge is 2.38. The molecule has 1 atom stereocenters. The van der Waals surface area contributed by atoms with E-state index in [1.54, 1.807) is 0 Å². The van der Waals surface area contributed by atoms with Crippen molar-refractivity contribution >= 4 is 0 Å². The molecule has 0 amide bonds. The second-order valence-corrected chi connectivity index (χ2v) is 6.81. The summed E-state index contributed by atoms with van der Waals surface area (Å²) in [5, 5.41) is 11.2. The summed E-state index contributed by atoms with van der Waals surface area (Å²) < 4.78 is 0. The van der Waals surface area contributed by atoms with Gasteiger partial charge in [-0.3, -0.25) is 0 Å². The lowest BCUT2D eigenvalue weighted by atomic mass is 9.70. The van der Waals surface area contributed by atoms with Gasteiger partial charge in [0.25, 0.3) is 0 Å². The summed E-state index contributed by atoms with van der Waals surface area (Å²) in [6.45, 7) is 4.25. The first-order valence-corrected chi connectivity index (χ1v) is 8.13. The van der Waals surface area contributed by atoms with Crippen molar-refractivity contribution in [2.24, 2.45) is 5.92 Å². The third-order valence-electron chi connectivity index (χ3n) is 5.31. The van der Waals surface area contributed by atoms with Gasteiger partial charge in [0.15, 0.2) is 0 Å². The Bertz CT molecular complexity index is 484. The average Bonchev–Trinajstić information content (AvgIpc) is 2.46. The molecule has 108 valence electrons. The Morgan fingerprint density at radius 3 is 2.50 bits per heavy atom. The molecule has 0 heterocycles. The number of fused-ring (bicyclic) bond motifs is 1. The molecule has 1 aromatic carbocycles. The minimum Gasteiger partial charge on any atom is -0.389 e.